The van der Waals surface area contributed by atoms with Crippen LogP contribution in [0.5, 0.6) is 0 Å². The molecule has 73 heavy (non-hydrogen) atoms. The zero-order valence-electron chi connectivity index (χ0n) is 45.4. The first-order valence-electron chi connectivity index (χ1n) is 29.0. The van der Waals surface area contributed by atoms with E-state index in [0.29, 0.717) is 12.8 Å². The summed E-state index contributed by atoms with van der Waals surface area (Å²) in [6, 6.07) is -0.939. The summed E-state index contributed by atoms with van der Waals surface area (Å²) < 4.78 is 22.7. The van der Waals surface area contributed by atoms with Crippen LogP contribution in [0.1, 0.15) is 213 Å². The van der Waals surface area contributed by atoms with Gasteiger partial charge in [-0.2, -0.15) is 0 Å². The van der Waals surface area contributed by atoms with E-state index in [4.69, 9.17) is 18.9 Å². The fourth-order valence-corrected chi connectivity index (χ4v) is 9.26. The van der Waals surface area contributed by atoms with E-state index >= 15 is 0 Å². The van der Waals surface area contributed by atoms with Gasteiger partial charge in [0.1, 0.15) is 48.8 Å². The van der Waals surface area contributed by atoms with Crippen LogP contribution in [-0.4, -0.2) is 140 Å². The first-order valence-corrected chi connectivity index (χ1v) is 29.0. The Kier molecular flexibility index (Phi) is 41.0. The van der Waals surface area contributed by atoms with E-state index in [2.05, 4.69) is 67.8 Å². The minimum absolute atomic E-state index is 0.260. The molecule has 2 heterocycles. The number of hydrogen-bond donors (Lipinski definition) is 9. The summed E-state index contributed by atoms with van der Waals surface area (Å²) in [4.78, 5) is 13.2. The van der Waals surface area contributed by atoms with Gasteiger partial charge in [0.2, 0.25) is 5.91 Å². The average molecular weight is 1040 g/mol. The van der Waals surface area contributed by atoms with Crippen molar-refractivity contribution in [2.45, 2.75) is 286 Å². The molecule has 2 aliphatic rings. The predicted molar refractivity (Wildman–Crippen MR) is 290 cm³/mol. The molecule has 9 N–H and O–H groups in total. The van der Waals surface area contributed by atoms with Crippen LogP contribution in [0.2, 0.25) is 0 Å². The monoisotopic (exact) mass is 1040 g/mol. The van der Waals surface area contributed by atoms with Crippen LogP contribution in [0, 0.1) is 0 Å². The number of amides is 1. The van der Waals surface area contributed by atoms with Crippen LogP contribution >= 0.6 is 0 Å². The molecule has 0 aromatic heterocycles. The summed E-state index contributed by atoms with van der Waals surface area (Å²) in [5.74, 6) is -0.261. The molecule has 0 aliphatic carbocycles. The van der Waals surface area contributed by atoms with Crippen molar-refractivity contribution in [3.8, 4) is 0 Å². The minimum atomic E-state index is -1.79. The smallest absolute Gasteiger partial charge is 0.220 e. The van der Waals surface area contributed by atoms with E-state index < -0.39 is 86.8 Å². The number of ether oxygens (including phenoxy) is 4. The van der Waals surface area contributed by atoms with Crippen LogP contribution in [0.4, 0.5) is 0 Å². The van der Waals surface area contributed by atoms with E-state index in [1.807, 2.05) is 6.08 Å². The Morgan fingerprint density at radius 1 is 0.507 bits per heavy atom. The SMILES string of the molecule is CC/C=C\C/C=C\C/C=C\CCCCCCCCCC(=O)NC(COC1OC(CO)C(OC2OC(CO)C(O)C(O)C2O)C(O)C1O)C(O)/C=C/CC/C=C/CCCCCCCCCCCCCCCCCC. The molecule has 0 aromatic carbocycles. The number of carbonyl (C=O) groups is 1. The van der Waals surface area contributed by atoms with Gasteiger partial charge in [-0.3, -0.25) is 4.79 Å². The van der Waals surface area contributed by atoms with Crippen molar-refractivity contribution in [3.63, 3.8) is 0 Å². The normalized spacial score (nSPS) is 25.8. The topological polar surface area (TPSA) is 228 Å². The Morgan fingerprint density at radius 3 is 1.51 bits per heavy atom. The lowest BCUT2D eigenvalue weighted by Gasteiger charge is -2.46. The minimum Gasteiger partial charge on any atom is -0.394 e. The molecule has 2 aliphatic heterocycles. The molecule has 2 fully saturated rings. The van der Waals surface area contributed by atoms with Crippen molar-refractivity contribution < 1.29 is 64.6 Å². The maximum absolute atomic E-state index is 13.2. The first-order chi connectivity index (χ1) is 35.6. The van der Waals surface area contributed by atoms with E-state index in [9.17, 15) is 45.6 Å². The Hall–Kier alpha value is -2.31. The largest absolute Gasteiger partial charge is 0.394 e. The van der Waals surface area contributed by atoms with Crippen LogP contribution < -0.4 is 5.32 Å². The summed E-state index contributed by atoms with van der Waals surface area (Å²) in [6.07, 6.45) is 39.7. The first kappa shape index (κ1) is 66.8. The molecular weight excluding hydrogens is 931 g/mol. The summed E-state index contributed by atoms with van der Waals surface area (Å²) >= 11 is 0. The van der Waals surface area contributed by atoms with Crippen molar-refractivity contribution in [1.29, 1.82) is 0 Å². The fraction of sp³-hybridized carbons (Fsp3) is 0.814. The lowest BCUT2D eigenvalue weighted by Crippen LogP contribution is -2.65. The molecule has 424 valence electrons. The standard InChI is InChI=1S/C59H105NO13/c1-3-5-7-9-11-13-15-17-19-21-22-23-24-25-27-28-30-32-34-36-38-40-42-48(63)47(60-51(64)43-41-39-37-35-33-31-29-26-20-18-16-14-12-10-8-6-4-2)46-70-58-56(69)54(67)57(50(45-62)72-58)73-59-55(68)53(66)52(65)49(44-61)71-59/h6,8,12,14,18,20,32,34,40,42,47-50,52-59,61-63,65-69H,3-5,7,9-11,13,15-17,19,21-31,33,35-39,41,43-46H2,1-2H3,(H,60,64)/b8-6-,14-12-,20-18-,34-32+,42-40+. The van der Waals surface area contributed by atoms with Crippen LogP contribution in [0.25, 0.3) is 0 Å². The lowest BCUT2D eigenvalue weighted by atomic mass is 9.97. The number of hydrogen-bond acceptors (Lipinski definition) is 13. The van der Waals surface area contributed by atoms with Gasteiger partial charge in [-0.05, 0) is 64.2 Å². The van der Waals surface area contributed by atoms with E-state index in [-0.39, 0.29) is 18.9 Å². The second kappa shape index (κ2) is 44.8. The lowest BCUT2D eigenvalue weighted by molar-refractivity contribution is -0.359. The summed E-state index contributed by atoms with van der Waals surface area (Å²) in [6.45, 7) is 2.66. The number of nitrogens with one attached hydrogen (secondary N) is 1. The van der Waals surface area contributed by atoms with Gasteiger partial charge in [-0.1, -0.05) is 203 Å². The maximum Gasteiger partial charge on any atom is 0.220 e. The third kappa shape index (κ3) is 30.9. The second-order valence-corrected chi connectivity index (χ2v) is 20.4. The molecule has 1 amide bonds. The van der Waals surface area contributed by atoms with Crippen molar-refractivity contribution in [2.24, 2.45) is 0 Å². The van der Waals surface area contributed by atoms with Crippen LogP contribution in [-0.2, 0) is 23.7 Å². The van der Waals surface area contributed by atoms with Gasteiger partial charge in [-0.25, -0.2) is 0 Å². The van der Waals surface area contributed by atoms with Gasteiger partial charge in [0.15, 0.2) is 12.6 Å². The molecule has 0 spiro atoms. The zero-order chi connectivity index (χ0) is 53.2. The highest BCUT2D eigenvalue weighted by Gasteiger charge is 2.51. The summed E-state index contributed by atoms with van der Waals surface area (Å²) in [7, 11) is 0. The summed E-state index contributed by atoms with van der Waals surface area (Å²) in [5, 5.41) is 87.0. The molecule has 2 saturated heterocycles. The molecule has 14 nitrogen and oxygen atoms in total. The second-order valence-electron chi connectivity index (χ2n) is 20.4. The number of allylic oxidation sites excluding steroid dienone is 9. The van der Waals surface area contributed by atoms with Crippen LogP contribution in [0.3, 0.4) is 0 Å². The van der Waals surface area contributed by atoms with Crippen LogP contribution in [0.15, 0.2) is 60.8 Å². The fourth-order valence-electron chi connectivity index (χ4n) is 9.26. The molecule has 12 unspecified atom stereocenters. The number of carbonyl (C=O) groups excluding carboxylic acids is 1. The highest BCUT2D eigenvalue weighted by Crippen LogP contribution is 2.30. The van der Waals surface area contributed by atoms with Gasteiger partial charge in [0, 0.05) is 6.42 Å². The molecule has 0 bridgehead atoms. The van der Waals surface area contributed by atoms with E-state index in [1.54, 1.807) is 6.08 Å². The van der Waals surface area contributed by atoms with Crippen molar-refractivity contribution in [3.05, 3.63) is 60.8 Å². The molecule has 0 radical (unpaired) electrons. The quantitative estimate of drug-likeness (QED) is 0.0205. The van der Waals surface area contributed by atoms with Crippen molar-refractivity contribution in [1.82, 2.24) is 5.32 Å². The number of aliphatic hydroxyl groups excluding tert-OH is 8. The Labute approximate surface area is 441 Å². The molecule has 2 rings (SSSR count). The molecule has 12 atom stereocenters. The van der Waals surface area contributed by atoms with Gasteiger partial charge >= 0.3 is 0 Å². The van der Waals surface area contributed by atoms with Gasteiger partial charge in [-0.15, -0.1) is 0 Å². The van der Waals surface area contributed by atoms with Gasteiger partial charge in [0.05, 0.1) is 32.0 Å². The Bertz CT molecular complexity index is 1450. The van der Waals surface area contributed by atoms with Gasteiger partial charge in [0.25, 0.3) is 0 Å². The van der Waals surface area contributed by atoms with E-state index in [1.165, 1.54) is 109 Å². The third-order valence-electron chi connectivity index (χ3n) is 13.9. The molecule has 14 heteroatoms. The third-order valence-corrected chi connectivity index (χ3v) is 13.9. The van der Waals surface area contributed by atoms with Gasteiger partial charge < -0.3 is 65.1 Å². The average Bonchev–Trinajstić information content (AvgIpc) is 3.39. The molecule has 0 saturated carbocycles. The van der Waals surface area contributed by atoms with Crippen molar-refractivity contribution >= 4 is 5.91 Å². The van der Waals surface area contributed by atoms with Crippen molar-refractivity contribution in [2.75, 3.05) is 19.8 Å². The Balaban J connectivity index is 1.80. The summed E-state index contributed by atoms with van der Waals surface area (Å²) in [5.41, 5.74) is 0. The van der Waals surface area contributed by atoms with E-state index in [0.717, 1.165) is 70.6 Å². The maximum atomic E-state index is 13.2. The molecular formula is C59H105NO13. The highest BCUT2D eigenvalue weighted by molar-refractivity contribution is 5.76. The number of rotatable bonds is 45. The highest BCUT2D eigenvalue weighted by atomic mass is 16.7. The number of aliphatic hydroxyl groups is 8. The molecule has 0 aromatic rings. The predicted octanol–water partition coefficient (Wildman–Crippen LogP) is 9.39. The Morgan fingerprint density at radius 2 is 0.959 bits per heavy atom. The zero-order valence-corrected chi connectivity index (χ0v) is 45.4. The number of unbranched alkanes of at least 4 members (excludes halogenated alkanes) is 24.